The minimum absolute atomic E-state index is 0.0779. The predicted molar refractivity (Wildman–Crippen MR) is 77.4 cm³/mol. The highest BCUT2D eigenvalue weighted by atomic mass is 79.9. The van der Waals surface area contributed by atoms with Gasteiger partial charge in [-0.15, -0.1) is 0 Å². The highest BCUT2D eigenvalue weighted by molar-refractivity contribution is 9.10. The molecule has 0 aromatic heterocycles. The summed E-state index contributed by atoms with van der Waals surface area (Å²) in [5.74, 6) is -0.300. The fourth-order valence-corrected chi connectivity index (χ4v) is 3.18. The number of nitrogens with two attached hydrogens (primary N) is 1. The van der Waals surface area contributed by atoms with Gasteiger partial charge in [-0.3, -0.25) is 4.79 Å². The zero-order valence-corrected chi connectivity index (χ0v) is 13.2. The summed E-state index contributed by atoms with van der Waals surface area (Å²) in [4.78, 5) is 11.9. The number of benzene rings is 1. The van der Waals surface area contributed by atoms with Crippen molar-refractivity contribution >= 4 is 31.9 Å². The molecule has 0 radical (unpaired) electrons. The summed E-state index contributed by atoms with van der Waals surface area (Å²) in [5, 5.41) is 7.93. The van der Waals surface area contributed by atoms with Gasteiger partial charge in [-0.2, -0.15) is 0 Å². The monoisotopic (exact) mass is 348 g/mol. The molecule has 0 spiro atoms. The van der Waals surface area contributed by atoms with Gasteiger partial charge in [-0.1, -0.05) is 13.8 Å². The van der Waals surface area contributed by atoms with Gasteiger partial charge in [0.1, 0.15) is 0 Å². The number of sulfonamides is 1. The van der Waals surface area contributed by atoms with Gasteiger partial charge >= 0.3 is 0 Å². The van der Waals surface area contributed by atoms with Crippen LogP contribution in [0.1, 0.15) is 37.0 Å². The summed E-state index contributed by atoms with van der Waals surface area (Å²) in [6, 6.07) is 4.41. The average molecular weight is 349 g/mol. The fraction of sp³-hybridized carbons (Fsp3) is 0.417. The van der Waals surface area contributed by atoms with Gasteiger partial charge in [0.05, 0.1) is 4.90 Å². The number of carbonyl (C=O) groups is 1. The average Bonchev–Trinajstić information content (AvgIpc) is 2.34. The maximum absolute atomic E-state index is 12.0. The first-order valence-electron chi connectivity index (χ1n) is 5.92. The molecule has 5 nitrogen and oxygen atoms in total. The van der Waals surface area contributed by atoms with Crippen LogP contribution < -0.4 is 10.5 Å². The summed E-state index contributed by atoms with van der Waals surface area (Å²) in [6.45, 7) is 3.96. The molecule has 0 unspecified atom stereocenters. The SMILES string of the molecule is CCC(CC)NC(=O)c1ccc(Br)c(S(N)(=O)=O)c1. The second-order valence-electron chi connectivity index (χ2n) is 4.18. The third-order valence-electron chi connectivity index (χ3n) is 2.82. The Hall–Kier alpha value is -0.920. The summed E-state index contributed by atoms with van der Waals surface area (Å²) < 4.78 is 23.1. The third-order valence-corrected chi connectivity index (χ3v) is 4.73. The van der Waals surface area contributed by atoms with Crippen molar-refractivity contribution in [3.63, 3.8) is 0 Å². The van der Waals surface area contributed by atoms with Crippen molar-refractivity contribution in [2.75, 3.05) is 0 Å². The van der Waals surface area contributed by atoms with Gasteiger partial charge in [0.15, 0.2) is 0 Å². The number of rotatable bonds is 5. The van der Waals surface area contributed by atoms with E-state index in [1.54, 1.807) is 6.07 Å². The quantitative estimate of drug-likeness (QED) is 0.852. The number of primary sulfonamides is 1. The topological polar surface area (TPSA) is 89.3 Å². The van der Waals surface area contributed by atoms with E-state index in [4.69, 9.17) is 5.14 Å². The smallest absolute Gasteiger partial charge is 0.251 e. The maximum Gasteiger partial charge on any atom is 0.251 e. The number of hydrogen-bond donors (Lipinski definition) is 2. The molecule has 0 aliphatic rings. The number of nitrogens with one attached hydrogen (secondary N) is 1. The number of carbonyl (C=O) groups excluding carboxylic acids is 1. The van der Waals surface area contributed by atoms with Crippen LogP contribution in [0.3, 0.4) is 0 Å². The van der Waals surface area contributed by atoms with Crippen molar-refractivity contribution in [3.05, 3.63) is 28.2 Å². The van der Waals surface area contributed by atoms with Crippen LogP contribution >= 0.6 is 15.9 Å². The van der Waals surface area contributed by atoms with Crippen LogP contribution in [0, 0.1) is 0 Å². The fourth-order valence-electron chi connectivity index (χ4n) is 1.62. The van der Waals surface area contributed by atoms with Crippen molar-refractivity contribution in [3.8, 4) is 0 Å². The standard InChI is InChI=1S/C12H17BrN2O3S/c1-3-9(4-2)15-12(16)8-5-6-10(13)11(7-8)19(14,17)18/h5-7,9H,3-4H2,1-2H3,(H,15,16)(H2,14,17,18). The molecule has 0 saturated carbocycles. The summed E-state index contributed by atoms with van der Waals surface area (Å²) in [6.07, 6.45) is 1.64. The van der Waals surface area contributed by atoms with Crippen molar-refractivity contribution in [2.24, 2.45) is 5.14 Å². The Bertz CT molecular complexity index is 568. The molecule has 106 valence electrons. The van der Waals surface area contributed by atoms with Gasteiger partial charge in [-0.05, 0) is 47.0 Å². The molecule has 1 rings (SSSR count). The van der Waals surface area contributed by atoms with E-state index in [0.29, 0.717) is 4.47 Å². The summed E-state index contributed by atoms with van der Waals surface area (Å²) >= 11 is 3.10. The van der Waals surface area contributed by atoms with Crippen LogP contribution in [-0.4, -0.2) is 20.4 Å². The maximum atomic E-state index is 12.0. The van der Waals surface area contributed by atoms with Crippen LogP contribution in [-0.2, 0) is 10.0 Å². The Kier molecular flexibility index (Phi) is 5.51. The zero-order valence-electron chi connectivity index (χ0n) is 10.8. The van der Waals surface area contributed by atoms with Gasteiger partial charge in [0.25, 0.3) is 5.91 Å². The molecule has 0 aliphatic carbocycles. The lowest BCUT2D eigenvalue weighted by Gasteiger charge is -2.15. The molecular weight excluding hydrogens is 332 g/mol. The van der Waals surface area contributed by atoms with E-state index in [0.717, 1.165) is 12.8 Å². The summed E-state index contributed by atoms with van der Waals surface area (Å²) in [5.41, 5.74) is 0.277. The van der Waals surface area contributed by atoms with E-state index < -0.39 is 10.0 Å². The largest absolute Gasteiger partial charge is 0.349 e. The van der Waals surface area contributed by atoms with Crippen LogP contribution in [0.15, 0.2) is 27.6 Å². The number of amides is 1. The second-order valence-corrected chi connectivity index (χ2v) is 6.56. The molecule has 1 aromatic carbocycles. The zero-order chi connectivity index (χ0) is 14.6. The molecule has 0 bridgehead atoms. The van der Waals surface area contributed by atoms with Crippen LogP contribution in [0.4, 0.5) is 0 Å². The molecule has 3 N–H and O–H groups in total. The van der Waals surface area contributed by atoms with E-state index in [1.165, 1.54) is 12.1 Å². The Morgan fingerprint density at radius 2 is 1.95 bits per heavy atom. The highest BCUT2D eigenvalue weighted by Crippen LogP contribution is 2.22. The molecule has 1 aromatic rings. The first kappa shape index (κ1) is 16.1. The lowest BCUT2D eigenvalue weighted by Crippen LogP contribution is -2.33. The van der Waals surface area contributed by atoms with E-state index in [-0.39, 0.29) is 22.4 Å². The molecule has 0 heterocycles. The summed E-state index contributed by atoms with van der Waals surface area (Å²) in [7, 11) is -3.86. The van der Waals surface area contributed by atoms with Crippen molar-refractivity contribution in [1.82, 2.24) is 5.32 Å². The van der Waals surface area contributed by atoms with Crippen molar-refractivity contribution < 1.29 is 13.2 Å². The molecular formula is C12H17BrN2O3S. The minimum atomic E-state index is -3.86. The van der Waals surface area contributed by atoms with E-state index in [1.807, 2.05) is 13.8 Å². The van der Waals surface area contributed by atoms with Gasteiger partial charge in [0, 0.05) is 16.1 Å². The number of halogens is 1. The lowest BCUT2D eigenvalue weighted by atomic mass is 10.1. The minimum Gasteiger partial charge on any atom is -0.349 e. The number of hydrogen-bond acceptors (Lipinski definition) is 3. The first-order valence-corrected chi connectivity index (χ1v) is 8.26. The van der Waals surface area contributed by atoms with Gasteiger partial charge in [-0.25, -0.2) is 13.6 Å². The Labute approximate surface area is 121 Å². The van der Waals surface area contributed by atoms with Crippen molar-refractivity contribution in [1.29, 1.82) is 0 Å². The Morgan fingerprint density at radius 1 is 1.37 bits per heavy atom. The normalized spacial score (nSPS) is 11.6. The van der Waals surface area contributed by atoms with Crippen LogP contribution in [0.5, 0.6) is 0 Å². The van der Waals surface area contributed by atoms with Gasteiger partial charge < -0.3 is 5.32 Å². The molecule has 19 heavy (non-hydrogen) atoms. The predicted octanol–water partition coefficient (Wildman–Crippen LogP) is 2.01. The van der Waals surface area contributed by atoms with E-state index >= 15 is 0 Å². The van der Waals surface area contributed by atoms with Crippen LogP contribution in [0.2, 0.25) is 0 Å². The first-order chi connectivity index (χ1) is 8.79. The Balaban J connectivity index is 3.06. The lowest BCUT2D eigenvalue weighted by molar-refractivity contribution is 0.0934. The van der Waals surface area contributed by atoms with E-state index in [9.17, 15) is 13.2 Å². The third kappa shape index (κ3) is 4.29. The van der Waals surface area contributed by atoms with E-state index in [2.05, 4.69) is 21.2 Å². The molecule has 0 fully saturated rings. The molecule has 0 aliphatic heterocycles. The molecule has 1 amide bonds. The molecule has 7 heteroatoms. The second kappa shape index (κ2) is 6.49. The van der Waals surface area contributed by atoms with Crippen LogP contribution in [0.25, 0.3) is 0 Å². The molecule has 0 saturated heterocycles. The highest BCUT2D eigenvalue weighted by Gasteiger charge is 2.17. The Morgan fingerprint density at radius 3 is 2.42 bits per heavy atom. The van der Waals surface area contributed by atoms with Crippen molar-refractivity contribution in [2.45, 2.75) is 37.6 Å². The van der Waals surface area contributed by atoms with Gasteiger partial charge in [0.2, 0.25) is 10.0 Å². The molecule has 0 atom stereocenters.